The van der Waals surface area contributed by atoms with Gasteiger partial charge in [0.1, 0.15) is 11.9 Å². The summed E-state index contributed by atoms with van der Waals surface area (Å²) in [6.07, 6.45) is 6.35. The van der Waals surface area contributed by atoms with Crippen LogP contribution in [0, 0.1) is 17.8 Å². The summed E-state index contributed by atoms with van der Waals surface area (Å²) >= 11 is 0. The Morgan fingerprint density at radius 3 is 1.85 bits per heavy atom. The minimum Gasteiger partial charge on any atom is -0.486 e. The van der Waals surface area contributed by atoms with Gasteiger partial charge in [0.25, 0.3) is 0 Å². The smallest absolute Gasteiger partial charge is 0.154 e. The lowest BCUT2D eigenvalue weighted by Crippen LogP contribution is -2.43. The molecule has 1 unspecified atom stereocenters. The molecule has 0 N–H and O–H groups in total. The molecule has 5 aromatic rings. The van der Waals surface area contributed by atoms with E-state index in [4.69, 9.17) is 14.7 Å². The predicted molar refractivity (Wildman–Crippen MR) is 206 cm³/mol. The lowest BCUT2D eigenvalue weighted by Gasteiger charge is -2.48. The van der Waals surface area contributed by atoms with Gasteiger partial charge in [-0.1, -0.05) is 160 Å². The van der Waals surface area contributed by atoms with E-state index in [2.05, 4.69) is 105 Å². The topological polar surface area (TPSA) is 34.0 Å². The highest BCUT2D eigenvalue weighted by Crippen LogP contribution is 2.55. The van der Waals surface area contributed by atoms with Crippen LogP contribution in [0.25, 0.3) is 0 Å². The fourth-order valence-corrected chi connectivity index (χ4v) is 9.94. The van der Waals surface area contributed by atoms with Crippen LogP contribution >= 0.6 is 7.92 Å². The van der Waals surface area contributed by atoms with Gasteiger partial charge in [-0.2, -0.15) is 0 Å². The lowest BCUT2D eigenvalue weighted by molar-refractivity contribution is 0.0943. The lowest BCUT2D eigenvalue weighted by atomic mass is 9.70. The van der Waals surface area contributed by atoms with Crippen LogP contribution in [-0.2, 0) is 6.54 Å². The van der Waals surface area contributed by atoms with Crippen molar-refractivity contribution in [3.05, 3.63) is 175 Å². The van der Waals surface area contributed by atoms with Crippen molar-refractivity contribution in [3.63, 3.8) is 0 Å². The third-order valence-electron chi connectivity index (χ3n) is 9.72. The van der Waals surface area contributed by atoms with Gasteiger partial charge < -0.3 is 4.74 Å². The number of benzene rings is 5. The SMILES string of the molecule is C=CC(Oc1ccc(CN=C(N=Cc2ccccc2)c2ccccc2)cc1)[C@H](C)[C@@H](C)[C@@H]1CC[C@@H]1P(c1ccccc1)c1ccccc1. The summed E-state index contributed by atoms with van der Waals surface area (Å²) in [6.45, 7) is 9.49. The second-order valence-corrected chi connectivity index (χ2v) is 15.1. The summed E-state index contributed by atoms with van der Waals surface area (Å²) < 4.78 is 6.60. The van der Waals surface area contributed by atoms with Crippen molar-refractivity contribution < 1.29 is 4.74 Å². The number of ether oxygens (including phenoxy) is 1. The molecule has 5 aromatic carbocycles. The number of hydrogen-bond donors (Lipinski definition) is 0. The van der Waals surface area contributed by atoms with Gasteiger partial charge in [-0.25, -0.2) is 4.99 Å². The summed E-state index contributed by atoms with van der Waals surface area (Å²) in [5, 5.41) is 2.96. The van der Waals surface area contributed by atoms with Crippen LogP contribution in [0.1, 0.15) is 43.4 Å². The molecule has 1 saturated carbocycles. The zero-order valence-corrected chi connectivity index (χ0v) is 28.9. The second-order valence-electron chi connectivity index (χ2n) is 12.7. The van der Waals surface area contributed by atoms with Gasteiger partial charge in [-0.05, 0) is 78.0 Å². The van der Waals surface area contributed by atoms with Crippen LogP contribution in [0.4, 0.5) is 0 Å². The Labute approximate surface area is 287 Å². The molecule has 242 valence electrons. The Bertz CT molecular complexity index is 1730. The molecule has 48 heavy (non-hydrogen) atoms. The van der Waals surface area contributed by atoms with Gasteiger partial charge in [0, 0.05) is 11.8 Å². The Morgan fingerprint density at radius 2 is 1.31 bits per heavy atom. The minimum absolute atomic E-state index is 0.0678. The number of nitrogens with zero attached hydrogens (tertiary/aromatic N) is 2. The summed E-state index contributed by atoms with van der Waals surface area (Å²) in [7, 11) is -0.421. The maximum absolute atomic E-state index is 6.60. The second kappa shape index (κ2) is 16.5. The van der Waals surface area contributed by atoms with E-state index < -0.39 is 7.92 Å². The third kappa shape index (κ3) is 8.27. The molecule has 0 heterocycles. The highest BCUT2D eigenvalue weighted by atomic mass is 31.1. The van der Waals surface area contributed by atoms with Crippen LogP contribution in [-0.4, -0.2) is 23.8 Å². The fraction of sp³-hybridized carbons (Fsp3) is 0.227. The van der Waals surface area contributed by atoms with Crippen molar-refractivity contribution in [2.75, 3.05) is 0 Å². The first-order valence-corrected chi connectivity index (χ1v) is 18.5. The molecular weight excluding hydrogens is 603 g/mol. The van der Waals surface area contributed by atoms with Crippen molar-refractivity contribution in [2.45, 2.75) is 45.0 Å². The van der Waals surface area contributed by atoms with Gasteiger partial charge >= 0.3 is 0 Å². The Hall–Kier alpha value is -4.59. The van der Waals surface area contributed by atoms with E-state index in [-0.39, 0.29) is 6.10 Å². The average molecular weight is 649 g/mol. The molecule has 0 radical (unpaired) electrons. The van der Waals surface area contributed by atoms with Crippen molar-refractivity contribution in [3.8, 4) is 5.75 Å². The van der Waals surface area contributed by atoms with Gasteiger partial charge in [-0.3, -0.25) is 4.99 Å². The zero-order valence-electron chi connectivity index (χ0n) is 28.0. The molecule has 4 heteroatoms. The third-order valence-corrected chi connectivity index (χ3v) is 12.7. The average Bonchev–Trinajstić information content (AvgIpc) is 3.14. The molecule has 1 aliphatic carbocycles. The van der Waals surface area contributed by atoms with E-state index in [1.165, 1.54) is 23.5 Å². The molecule has 1 fully saturated rings. The Kier molecular flexibility index (Phi) is 11.4. The van der Waals surface area contributed by atoms with E-state index in [1.54, 1.807) is 0 Å². The summed E-state index contributed by atoms with van der Waals surface area (Å²) in [5.74, 6) is 3.07. The minimum atomic E-state index is -0.421. The fourth-order valence-electron chi connectivity index (χ4n) is 6.68. The number of aliphatic imine (C=N–C) groups is 2. The molecule has 3 nitrogen and oxygen atoms in total. The number of amidine groups is 1. The predicted octanol–water partition coefficient (Wildman–Crippen LogP) is 9.87. The maximum atomic E-state index is 6.60. The molecular formula is C44H45N2OP. The van der Waals surface area contributed by atoms with Crippen LogP contribution in [0.15, 0.2) is 168 Å². The molecule has 0 aliphatic heterocycles. The van der Waals surface area contributed by atoms with Crippen LogP contribution in [0.3, 0.4) is 0 Å². The summed E-state index contributed by atoms with van der Waals surface area (Å²) in [4.78, 5) is 9.65. The van der Waals surface area contributed by atoms with Crippen LogP contribution < -0.4 is 15.3 Å². The van der Waals surface area contributed by atoms with Crippen molar-refractivity contribution in [2.24, 2.45) is 27.7 Å². The first-order chi connectivity index (χ1) is 23.6. The monoisotopic (exact) mass is 648 g/mol. The normalized spacial score (nSPS) is 18.2. The molecule has 0 amide bonds. The van der Waals surface area contributed by atoms with E-state index in [0.29, 0.717) is 35.8 Å². The molecule has 0 bridgehead atoms. The van der Waals surface area contributed by atoms with E-state index in [0.717, 1.165) is 22.4 Å². The molecule has 1 aliphatic rings. The number of rotatable bonds is 13. The van der Waals surface area contributed by atoms with E-state index in [9.17, 15) is 0 Å². The molecule has 5 atom stereocenters. The quantitative estimate of drug-likeness (QED) is 0.0542. The Balaban J connectivity index is 1.12. The van der Waals surface area contributed by atoms with Crippen molar-refractivity contribution in [1.82, 2.24) is 0 Å². The summed E-state index contributed by atoms with van der Waals surface area (Å²) in [5.41, 5.74) is 3.82. The first-order valence-electron chi connectivity index (χ1n) is 17.1. The maximum Gasteiger partial charge on any atom is 0.154 e. The van der Waals surface area contributed by atoms with Gasteiger partial charge in [-0.15, -0.1) is 0 Å². The highest BCUT2D eigenvalue weighted by Gasteiger charge is 2.43. The molecule has 0 aromatic heterocycles. The van der Waals surface area contributed by atoms with Crippen molar-refractivity contribution in [1.29, 1.82) is 0 Å². The van der Waals surface area contributed by atoms with Crippen LogP contribution in [0.2, 0.25) is 0 Å². The van der Waals surface area contributed by atoms with Gasteiger partial charge in [0.15, 0.2) is 5.84 Å². The summed E-state index contributed by atoms with van der Waals surface area (Å²) in [6, 6.07) is 50.9. The largest absolute Gasteiger partial charge is 0.486 e. The first kappa shape index (κ1) is 33.3. The molecule has 0 saturated heterocycles. The van der Waals surface area contributed by atoms with Gasteiger partial charge in [0.2, 0.25) is 0 Å². The highest BCUT2D eigenvalue weighted by molar-refractivity contribution is 7.73. The zero-order chi connectivity index (χ0) is 33.1. The standard InChI is InChI=1S/C44H45N2OP/c1-4-42(34(3)33(2)41-29-30-43(41)48(39-21-13-7-14-22-39)40-23-15-8-16-24-40)47-38-27-25-36(26-28-38)32-46-44(37-19-11-6-12-20-37)45-31-35-17-9-5-10-18-35/h4-28,31,33-34,41-43H,1,29-30,32H2,2-3H3/t33-,34-,41+,42?,43+/m1/s1. The number of hydrogen-bond acceptors (Lipinski definition) is 2. The van der Waals surface area contributed by atoms with Gasteiger partial charge in [0.05, 0.1) is 6.54 Å². The molecule has 0 spiro atoms. The van der Waals surface area contributed by atoms with E-state index >= 15 is 0 Å². The van der Waals surface area contributed by atoms with Crippen LogP contribution in [0.5, 0.6) is 5.75 Å². The molecule has 6 rings (SSSR count). The van der Waals surface area contributed by atoms with E-state index in [1.807, 2.05) is 73.0 Å². The van der Waals surface area contributed by atoms with Crippen molar-refractivity contribution >= 4 is 30.6 Å². The Morgan fingerprint density at radius 1 is 0.750 bits per heavy atom.